The highest BCUT2D eigenvalue weighted by molar-refractivity contribution is 6.08. The van der Waals surface area contributed by atoms with Crippen molar-refractivity contribution in [3.63, 3.8) is 0 Å². The molecule has 0 aromatic rings. The van der Waals surface area contributed by atoms with Crippen LogP contribution in [0.2, 0.25) is 0 Å². The third kappa shape index (κ3) is 1.35. The smallest absolute Gasteiger partial charge is 0.274 e. The van der Waals surface area contributed by atoms with E-state index in [1.165, 1.54) is 0 Å². The topological polar surface area (TPSA) is 63.2 Å². The van der Waals surface area contributed by atoms with Crippen molar-refractivity contribution >= 4 is 17.8 Å². The quantitative estimate of drug-likeness (QED) is 0.487. The Morgan fingerprint density at radius 1 is 1.23 bits per heavy atom. The second kappa shape index (κ2) is 3.26. The lowest BCUT2D eigenvalue weighted by molar-refractivity contribution is -0.771. The van der Waals surface area contributed by atoms with E-state index in [-0.39, 0.29) is 16.8 Å². The highest BCUT2D eigenvalue weighted by Gasteiger charge is 2.47. The summed E-state index contributed by atoms with van der Waals surface area (Å²) >= 11 is 0. The molecule has 1 heterocycles. The predicted molar refractivity (Wildman–Crippen MR) is 44.5 cm³/mol. The number of urea groups is 1. The number of rotatable bonds is 2. The molecule has 5 heteroatoms. The van der Waals surface area contributed by atoms with Crippen LogP contribution >= 0.6 is 0 Å². The largest absolute Gasteiger partial charge is 0.430 e. The van der Waals surface area contributed by atoms with Crippen LogP contribution in [0, 0.1) is 0 Å². The van der Waals surface area contributed by atoms with Gasteiger partial charge in [-0.1, -0.05) is 0 Å². The molecule has 13 heavy (non-hydrogen) atoms. The minimum atomic E-state index is -0.495. The standard InChI is InChI=1S/C8H12N2O3/c1-3-10(4-2)7(12)5-6(11)9-8(10)13/h3-5H2,1-2H3/p+1. The van der Waals surface area contributed by atoms with Crippen LogP contribution in [-0.2, 0) is 9.59 Å². The van der Waals surface area contributed by atoms with Gasteiger partial charge in [0, 0.05) is 0 Å². The number of quaternary nitrogens is 1. The van der Waals surface area contributed by atoms with Gasteiger partial charge in [0.05, 0.1) is 13.1 Å². The molecule has 1 N–H and O–H groups in total. The minimum absolute atomic E-state index is 0.187. The van der Waals surface area contributed by atoms with Crippen molar-refractivity contribution in [1.29, 1.82) is 0 Å². The van der Waals surface area contributed by atoms with E-state index in [0.717, 1.165) is 0 Å². The molecule has 0 unspecified atom stereocenters. The Hall–Kier alpha value is -1.23. The van der Waals surface area contributed by atoms with Gasteiger partial charge in [-0.25, -0.2) is 14.9 Å². The average Bonchev–Trinajstić information content (AvgIpc) is 2.05. The fourth-order valence-electron chi connectivity index (χ4n) is 1.54. The summed E-state index contributed by atoms with van der Waals surface area (Å²) in [4.78, 5) is 33.7. The molecule has 0 saturated carbocycles. The molecule has 0 aromatic heterocycles. The first-order chi connectivity index (χ1) is 6.06. The van der Waals surface area contributed by atoms with E-state index in [9.17, 15) is 14.4 Å². The van der Waals surface area contributed by atoms with Crippen molar-refractivity contribution < 1.29 is 18.9 Å². The summed E-state index contributed by atoms with van der Waals surface area (Å²) in [6.45, 7) is 4.32. The molecule has 1 aliphatic heterocycles. The SMILES string of the molecule is CC[N+]1(CC)C(=O)CC(=O)NC1=O. The van der Waals surface area contributed by atoms with Gasteiger partial charge in [0.2, 0.25) is 5.91 Å². The Morgan fingerprint density at radius 2 is 1.77 bits per heavy atom. The van der Waals surface area contributed by atoms with Gasteiger partial charge in [-0.15, -0.1) is 0 Å². The molecule has 0 radical (unpaired) electrons. The maximum Gasteiger partial charge on any atom is 0.430 e. The summed E-state index contributed by atoms with van der Waals surface area (Å²) in [5, 5.41) is 2.18. The van der Waals surface area contributed by atoms with E-state index in [1.807, 2.05) is 0 Å². The molecule has 0 bridgehead atoms. The van der Waals surface area contributed by atoms with E-state index >= 15 is 0 Å². The lowest BCUT2D eigenvalue weighted by atomic mass is 10.2. The third-order valence-corrected chi connectivity index (χ3v) is 2.50. The number of hydrogen-bond donors (Lipinski definition) is 1. The fourth-order valence-corrected chi connectivity index (χ4v) is 1.54. The van der Waals surface area contributed by atoms with Crippen LogP contribution in [0.4, 0.5) is 4.79 Å². The Kier molecular flexibility index (Phi) is 2.47. The molecule has 72 valence electrons. The average molecular weight is 185 g/mol. The van der Waals surface area contributed by atoms with Gasteiger partial charge in [0.15, 0.2) is 0 Å². The van der Waals surface area contributed by atoms with E-state index in [4.69, 9.17) is 0 Å². The van der Waals surface area contributed by atoms with Gasteiger partial charge in [-0.2, -0.15) is 4.48 Å². The zero-order valence-electron chi connectivity index (χ0n) is 7.79. The first-order valence-electron chi connectivity index (χ1n) is 4.31. The zero-order chi connectivity index (χ0) is 10.1. The Bertz CT molecular complexity index is 247. The summed E-state index contributed by atoms with van der Waals surface area (Å²) in [6.07, 6.45) is -0.187. The molecular weight excluding hydrogens is 172 g/mol. The normalized spacial score (nSPS) is 21.5. The molecule has 1 saturated heterocycles. The molecule has 1 fully saturated rings. The fraction of sp³-hybridized carbons (Fsp3) is 0.625. The molecule has 5 nitrogen and oxygen atoms in total. The molecule has 0 spiro atoms. The Balaban J connectivity index is 3.01. The van der Waals surface area contributed by atoms with Crippen LogP contribution < -0.4 is 5.32 Å². The van der Waals surface area contributed by atoms with Crippen LogP contribution in [-0.4, -0.2) is 35.4 Å². The number of carbonyl (C=O) groups is 3. The van der Waals surface area contributed by atoms with E-state index in [2.05, 4.69) is 5.32 Å². The van der Waals surface area contributed by atoms with Gasteiger partial charge >= 0.3 is 11.9 Å². The van der Waals surface area contributed by atoms with E-state index < -0.39 is 11.9 Å². The number of nitrogens with zero attached hydrogens (tertiary/aromatic N) is 1. The maximum absolute atomic E-state index is 11.5. The zero-order valence-corrected chi connectivity index (χ0v) is 7.79. The van der Waals surface area contributed by atoms with Crippen molar-refractivity contribution in [1.82, 2.24) is 5.32 Å². The molecular formula is C8H13N2O3+. The molecule has 1 rings (SSSR count). The predicted octanol–water partition coefficient (Wildman–Crippen LogP) is 0.00950. The highest BCUT2D eigenvalue weighted by atomic mass is 16.2. The summed E-state index contributed by atoms with van der Waals surface area (Å²) in [7, 11) is 0. The van der Waals surface area contributed by atoms with Crippen LogP contribution in [0.5, 0.6) is 0 Å². The second-order valence-electron chi connectivity index (χ2n) is 3.02. The van der Waals surface area contributed by atoms with Crippen molar-refractivity contribution in [3.05, 3.63) is 0 Å². The Morgan fingerprint density at radius 3 is 2.15 bits per heavy atom. The van der Waals surface area contributed by atoms with Crippen LogP contribution in [0.3, 0.4) is 0 Å². The molecule has 1 aliphatic rings. The van der Waals surface area contributed by atoms with Gasteiger partial charge in [0.1, 0.15) is 6.42 Å². The maximum atomic E-state index is 11.5. The van der Waals surface area contributed by atoms with Gasteiger partial charge in [0.25, 0.3) is 0 Å². The summed E-state index contributed by atoms with van der Waals surface area (Å²) < 4.78 is -0.258. The summed E-state index contributed by atoms with van der Waals surface area (Å²) in [5.74, 6) is -0.801. The van der Waals surface area contributed by atoms with Gasteiger partial charge in [-0.05, 0) is 13.8 Å². The van der Waals surface area contributed by atoms with Gasteiger partial charge < -0.3 is 0 Å². The lowest BCUT2D eigenvalue weighted by Crippen LogP contribution is -2.66. The van der Waals surface area contributed by atoms with Crippen LogP contribution in [0.25, 0.3) is 0 Å². The van der Waals surface area contributed by atoms with Crippen molar-refractivity contribution in [3.8, 4) is 0 Å². The highest BCUT2D eigenvalue weighted by Crippen LogP contribution is 2.14. The first kappa shape index (κ1) is 9.85. The van der Waals surface area contributed by atoms with Crippen molar-refractivity contribution in [2.24, 2.45) is 0 Å². The Labute approximate surface area is 76.3 Å². The number of carbonyl (C=O) groups excluding carboxylic acids is 3. The first-order valence-corrected chi connectivity index (χ1v) is 4.31. The molecule has 0 aromatic carbocycles. The van der Waals surface area contributed by atoms with Crippen LogP contribution in [0.1, 0.15) is 20.3 Å². The summed E-state index contributed by atoms with van der Waals surface area (Å²) in [5.41, 5.74) is 0. The molecule has 0 aliphatic carbocycles. The van der Waals surface area contributed by atoms with Gasteiger partial charge in [-0.3, -0.25) is 4.79 Å². The van der Waals surface area contributed by atoms with Crippen LogP contribution in [0.15, 0.2) is 0 Å². The summed E-state index contributed by atoms with van der Waals surface area (Å²) in [6, 6.07) is -0.494. The molecule has 4 amide bonds. The van der Waals surface area contributed by atoms with Crippen molar-refractivity contribution in [2.75, 3.05) is 13.1 Å². The second-order valence-corrected chi connectivity index (χ2v) is 3.02. The van der Waals surface area contributed by atoms with E-state index in [0.29, 0.717) is 13.1 Å². The molecule has 0 atom stereocenters. The number of hydrogen-bond acceptors (Lipinski definition) is 3. The number of amides is 4. The monoisotopic (exact) mass is 185 g/mol. The van der Waals surface area contributed by atoms with Crippen molar-refractivity contribution in [2.45, 2.75) is 20.3 Å². The third-order valence-electron chi connectivity index (χ3n) is 2.50. The lowest BCUT2D eigenvalue weighted by Gasteiger charge is -2.32. The number of barbiturate groups is 1. The minimum Gasteiger partial charge on any atom is -0.274 e. The van der Waals surface area contributed by atoms with E-state index in [1.54, 1.807) is 13.8 Å². The number of nitrogens with one attached hydrogen (secondary N) is 1. The number of imide groups is 2.